The lowest BCUT2D eigenvalue weighted by molar-refractivity contribution is -0.451. The molecule has 0 amide bonds. The van der Waals surface area contributed by atoms with Crippen LogP contribution in [0.15, 0.2) is 0 Å². The van der Waals surface area contributed by atoms with E-state index in [9.17, 15) is 0 Å². The first-order chi connectivity index (χ1) is 22.2. The van der Waals surface area contributed by atoms with E-state index in [0.29, 0.717) is 13.2 Å². The Morgan fingerprint density at radius 1 is 0.260 bits per heavy atom. The quantitative estimate of drug-likeness (QED) is 0.286. The molecule has 0 aromatic rings. The topological polar surface area (TPSA) is 92.3 Å². The van der Waals surface area contributed by atoms with Crippen LogP contribution >= 0.6 is 0 Å². The molecule has 5 aliphatic rings. The molecule has 5 fully saturated rings. The predicted octanol–water partition coefficient (Wildman–Crippen LogP) is 7.98. The van der Waals surface area contributed by atoms with Gasteiger partial charge in [-0.1, -0.05) is 69.2 Å². The lowest BCUT2D eigenvalue weighted by Gasteiger charge is -2.64. The van der Waals surface area contributed by atoms with Crippen molar-refractivity contribution < 1.29 is 47.4 Å². The van der Waals surface area contributed by atoms with Gasteiger partial charge in [0, 0.05) is 27.1 Å². The molecule has 5 heterocycles. The van der Waals surface area contributed by atoms with Crippen LogP contribution in [-0.4, -0.2) is 91.0 Å². The van der Waals surface area contributed by atoms with Crippen LogP contribution in [0, 0.1) is 27.1 Å². The Kier molecular flexibility index (Phi) is 9.83. The lowest BCUT2D eigenvalue weighted by Crippen LogP contribution is -2.74. The van der Waals surface area contributed by atoms with Gasteiger partial charge in [0.1, 0.15) is 0 Å². The Bertz CT molecular complexity index is 1170. The molecule has 0 saturated carbocycles. The first-order valence-corrected chi connectivity index (χ1v) is 18.9. The molecule has 10 nitrogen and oxygen atoms in total. The van der Waals surface area contributed by atoms with Crippen molar-refractivity contribution in [3.05, 3.63) is 0 Å². The number of hydrogen-bond donors (Lipinski definition) is 0. The van der Waals surface area contributed by atoms with Gasteiger partial charge in [0.25, 0.3) is 0 Å². The summed E-state index contributed by atoms with van der Waals surface area (Å²) in [5.74, 6) is -4.26. The highest BCUT2D eigenvalue weighted by molar-refractivity contribution is 5.12. The molecule has 0 spiro atoms. The zero-order chi connectivity index (χ0) is 38.1. The zero-order valence-corrected chi connectivity index (χ0v) is 35.1. The maximum atomic E-state index is 7.03. The van der Waals surface area contributed by atoms with E-state index in [0.717, 1.165) is 0 Å². The standard InChI is InChI=1S/C40H72O10/c1-31(2)21-41-36(11,12)43-23(31)25-33(5,6)27(47-38(15,16)45-25)29-35(9,10)30(50-40(19,20)49-29)28-34(7,8)26(46-39(17,18)48-28)24-32(3,4)22-42-37(13,14)44-24/h23-30H,21-22H2,1-20H3/t23-,24-,25-,26+,27+,28-,29+,30-/m0/s1. The van der Waals surface area contributed by atoms with Crippen LogP contribution in [0.3, 0.4) is 0 Å². The van der Waals surface area contributed by atoms with Crippen molar-refractivity contribution in [1.29, 1.82) is 0 Å². The van der Waals surface area contributed by atoms with Gasteiger partial charge in [-0.25, -0.2) is 0 Å². The minimum atomic E-state index is -0.952. The minimum absolute atomic E-state index is 0.259. The average molecular weight is 713 g/mol. The summed E-state index contributed by atoms with van der Waals surface area (Å²) < 4.78 is 67.5. The molecule has 50 heavy (non-hydrogen) atoms. The van der Waals surface area contributed by atoms with Gasteiger partial charge in [-0.15, -0.1) is 0 Å². The molecule has 0 radical (unpaired) electrons. The van der Waals surface area contributed by atoms with Crippen LogP contribution in [-0.2, 0) is 47.4 Å². The van der Waals surface area contributed by atoms with Gasteiger partial charge in [-0.3, -0.25) is 0 Å². The van der Waals surface area contributed by atoms with E-state index in [1.165, 1.54) is 0 Å². The normalized spacial score (nSPS) is 43.4. The Morgan fingerprint density at radius 2 is 0.440 bits per heavy atom. The second kappa shape index (κ2) is 12.0. The SMILES string of the molecule is CC1(C)OCC(C)(C)[C@H]([C@H]2OC(C)(C)O[C@@H]([C@@H]3OC(C)(C)O[C@H]([C@H]4OC(C)(C)O[C@@H]([C@@H]5OC(C)(C)OCC5(C)C)C4(C)C)C3(C)C)C2(C)C)O1. The third-order valence-corrected chi connectivity index (χ3v) is 11.9. The highest BCUT2D eigenvalue weighted by Crippen LogP contribution is 2.57. The second-order valence-electron chi connectivity index (χ2n) is 21.3. The van der Waals surface area contributed by atoms with E-state index in [1.54, 1.807) is 0 Å². The van der Waals surface area contributed by atoms with Crippen LogP contribution in [0.2, 0.25) is 0 Å². The van der Waals surface area contributed by atoms with Crippen LogP contribution < -0.4 is 0 Å². The Labute approximate surface area is 303 Å². The van der Waals surface area contributed by atoms with Crippen LogP contribution in [0.5, 0.6) is 0 Å². The molecule has 5 rings (SSSR count). The molecule has 292 valence electrons. The minimum Gasteiger partial charge on any atom is -0.350 e. The first-order valence-electron chi connectivity index (χ1n) is 18.9. The molecule has 8 atom stereocenters. The average Bonchev–Trinajstić information content (AvgIpc) is 2.91. The van der Waals surface area contributed by atoms with Crippen molar-refractivity contribution in [2.24, 2.45) is 27.1 Å². The van der Waals surface area contributed by atoms with Crippen molar-refractivity contribution in [3.63, 3.8) is 0 Å². The molecular formula is C40H72O10. The summed E-state index contributed by atoms with van der Waals surface area (Å²) in [4.78, 5) is 0. The Hall–Kier alpha value is -0.400. The maximum absolute atomic E-state index is 7.03. The third kappa shape index (κ3) is 7.47. The van der Waals surface area contributed by atoms with Crippen molar-refractivity contribution in [3.8, 4) is 0 Å². The van der Waals surface area contributed by atoms with E-state index in [1.807, 2.05) is 69.2 Å². The van der Waals surface area contributed by atoms with Crippen molar-refractivity contribution in [2.45, 2.75) is 216 Å². The molecule has 10 heteroatoms. The van der Waals surface area contributed by atoms with Crippen molar-refractivity contribution in [1.82, 2.24) is 0 Å². The summed E-state index contributed by atoms with van der Waals surface area (Å²) in [6.07, 6.45) is -2.78. The van der Waals surface area contributed by atoms with Gasteiger partial charge in [0.05, 0.1) is 62.0 Å². The molecule has 0 bridgehead atoms. The molecule has 0 unspecified atom stereocenters. The fourth-order valence-electron chi connectivity index (χ4n) is 8.85. The highest BCUT2D eigenvalue weighted by atomic mass is 16.8. The lowest BCUT2D eigenvalue weighted by atomic mass is 9.61. The van der Waals surface area contributed by atoms with Crippen LogP contribution in [0.1, 0.15) is 138 Å². The van der Waals surface area contributed by atoms with E-state index < -0.39 is 69.6 Å². The van der Waals surface area contributed by atoms with Crippen LogP contribution in [0.4, 0.5) is 0 Å². The Balaban J connectivity index is 1.57. The van der Waals surface area contributed by atoms with Gasteiger partial charge in [0.2, 0.25) is 0 Å². The molecule has 5 saturated heterocycles. The second-order valence-corrected chi connectivity index (χ2v) is 21.3. The van der Waals surface area contributed by atoms with Gasteiger partial charge < -0.3 is 47.4 Å². The third-order valence-electron chi connectivity index (χ3n) is 11.9. The summed E-state index contributed by atoms with van der Waals surface area (Å²) in [5, 5.41) is 0. The van der Waals surface area contributed by atoms with E-state index in [4.69, 9.17) is 47.4 Å². The zero-order valence-electron chi connectivity index (χ0n) is 35.1. The van der Waals surface area contributed by atoms with E-state index in [-0.39, 0.29) is 35.2 Å². The molecule has 0 N–H and O–H groups in total. The first kappa shape index (κ1) is 40.8. The summed E-state index contributed by atoms with van der Waals surface area (Å²) in [5.41, 5.74) is -2.32. The number of ether oxygens (including phenoxy) is 10. The highest BCUT2D eigenvalue weighted by Gasteiger charge is 2.67. The summed E-state index contributed by atoms with van der Waals surface area (Å²) >= 11 is 0. The van der Waals surface area contributed by atoms with Gasteiger partial charge in [-0.2, -0.15) is 0 Å². The molecular weight excluding hydrogens is 640 g/mol. The smallest absolute Gasteiger partial charge is 0.163 e. The fraction of sp³-hybridized carbons (Fsp3) is 1.00. The molecule has 0 aromatic heterocycles. The molecule has 5 aliphatic heterocycles. The van der Waals surface area contributed by atoms with E-state index in [2.05, 4.69) is 69.2 Å². The monoisotopic (exact) mass is 713 g/mol. The van der Waals surface area contributed by atoms with Crippen molar-refractivity contribution >= 4 is 0 Å². The largest absolute Gasteiger partial charge is 0.350 e. The summed E-state index contributed by atoms with van der Waals surface area (Å²) in [6.45, 7) is 43.0. The molecule has 0 aromatic carbocycles. The summed E-state index contributed by atoms with van der Waals surface area (Å²) in [6, 6.07) is 0. The number of hydrogen-bond acceptors (Lipinski definition) is 10. The summed E-state index contributed by atoms with van der Waals surface area (Å²) in [7, 11) is 0. The van der Waals surface area contributed by atoms with E-state index >= 15 is 0 Å². The Morgan fingerprint density at radius 3 is 0.660 bits per heavy atom. The van der Waals surface area contributed by atoms with Crippen molar-refractivity contribution in [2.75, 3.05) is 13.2 Å². The fourth-order valence-corrected chi connectivity index (χ4v) is 8.85. The van der Waals surface area contributed by atoms with Crippen LogP contribution in [0.25, 0.3) is 0 Å². The van der Waals surface area contributed by atoms with Gasteiger partial charge >= 0.3 is 0 Å². The van der Waals surface area contributed by atoms with Gasteiger partial charge in [0.15, 0.2) is 28.9 Å². The number of rotatable bonds is 4. The predicted molar refractivity (Wildman–Crippen MR) is 190 cm³/mol. The van der Waals surface area contributed by atoms with Gasteiger partial charge in [-0.05, 0) is 69.2 Å². The molecule has 0 aliphatic carbocycles. The maximum Gasteiger partial charge on any atom is 0.163 e.